The van der Waals surface area contributed by atoms with E-state index in [9.17, 15) is 4.79 Å². The highest BCUT2D eigenvalue weighted by atomic mass is 16.5. The molecule has 1 amide bonds. The van der Waals surface area contributed by atoms with Crippen LogP contribution in [0, 0.1) is 11.3 Å². The highest BCUT2D eigenvalue weighted by Crippen LogP contribution is 2.52. The molecule has 0 aromatic carbocycles. The molecule has 6 nitrogen and oxygen atoms in total. The third-order valence-electron chi connectivity index (χ3n) is 4.68. The van der Waals surface area contributed by atoms with Crippen molar-refractivity contribution in [2.75, 3.05) is 33.8 Å². The highest BCUT2D eigenvalue weighted by Gasteiger charge is 2.59. The number of guanidine groups is 1. The number of ether oxygens (including phenoxy) is 1. The number of carbonyl (C=O) groups is 1. The first kappa shape index (κ1) is 16.8. The van der Waals surface area contributed by atoms with Crippen molar-refractivity contribution in [2.45, 2.75) is 32.4 Å². The molecule has 2 aliphatic rings. The second kappa shape index (κ2) is 6.69. The number of fused-ring (bicyclic) bond motifs is 1. The summed E-state index contributed by atoms with van der Waals surface area (Å²) in [5.74, 6) is 1.17. The number of amides is 1. The molecule has 2 rings (SSSR count). The van der Waals surface area contributed by atoms with Gasteiger partial charge in [0.15, 0.2) is 5.96 Å². The number of nitrogens with one attached hydrogen (secondary N) is 2. The van der Waals surface area contributed by atoms with E-state index in [1.165, 1.54) is 0 Å². The van der Waals surface area contributed by atoms with Gasteiger partial charge in [0, 0.05) is 44.6 Å². The van der Waals surface area contributed by atoms with Crippen LogP contribution in [0.4, 0.5) is 0 Å². The van der Waals surface area contributed by atoms with E-state index in [0.29, 0.717) is 30.6 Å². The molecule has 0 spiro atoms. The summed E-state index contributed by atoms with van der Waals surface area (Å²) in [5, 5.41) is 6.67. The van der Waals surface area contributed by atoms with Gasteiger partial charge in [0.05, 0.1) is 6.10 Å². The fourth-order valence-electron chi connectivity index (χ4n) is 3.37. The molecule has 0 radical (unpaired) electrons. The van der Waals surface area contributed by atoms with Crippen molar-refractivity contribution in [3.8, 4) is 0 Å². The lowest BCUT2D eigenvalue weighted by Crippen LogP contribution is -2.68. The predicted octanol–water partition coefficient (Wildman–Crippen LogP) is 0.609. The monoisotopic (exact) mass is 308 g/mol. The minimum absolute atomic E-state index is 0.0188. The first-order chi connectivity index (χ1) is 10.4. The fraction of sp³-hybridized carbons (Fsp3) is 0.750. The van der Waals surface area contributed by atoms with E-state index < -0.39 is 0 Å². The zero-order chi connectivity index (χ0) is 16.3. The second-order valence-corrected chi connectivity index (χ2v) is 6.81. The number of aliphatic imine (C=N–C) groups is 1. The van der Waals surface area contributed by atoms with E-state index in [4.69, 9.17) is 4.74 Å². The average molecular weight is 308 g/mol. The number of likely N-dealkylation sites (N-methyl/N-ethyl adjacent to an activating group) is 1. The molecule has 6 heteroatoms. The summed E-state index contributed by atoms with van der Waals surface area (Å²) in [6.07, 6.45) is 3.18. The van der Waals surface area contributed by atoms with Crippen molar-refractivity contribution < 1.29 is 9.53 Å². The van der Waals surface area contributed by atoms with E-state index in [2.05, 4.69) is 36.1 Å². The number of hydrogen-bond acceptors (Lipinski definition) is 3. The summed E-state index contributed by atoms with van der Waals surface area (Å²) in [6, 6.07) is 0.311. The van der Waals surface area contributed by atoms with E-state index in [1.54, 1.807) is 25.1 Å². The summed E-state index contributed by atoms with van der Waals surface area (Å²) in [7, 11) is 3.47. The van der Waals surface area contributed by atoms with Crippen LogP contribution < -0.4 is 10.6 Å². The van der Waals surface area contributed by atoms with Gasteiger partial charge in [0.25, 0.3) is 0 Å². The van der Waals surface area contributed by atoms with Gasteiger partial charge in [0.2, 0.25) is 5.91 Å². The van der Waals surface area contributed by atoms with Crippen molar-refractivity contribution in [1.82, 2.24) is 15.5 Å². The third kappa shape index (κ3) is 3.27. The molecule has 0 aromatic rings. The molecule has 2 fully saturated rings. The Labute approximate surface area is 133 Å². The van der Waals surface area contributed by atoms with Crippen molar-refractivity contribution in [3.05, 3.63) is 12.7 Å². The van der Waals surface area contributed by atoms with Crippen LogP contribution in [0.15, 0.2) is 17.6 Å². The van der Waals surface area contributed by atoms with Gasteiger partial charge >= 0.3 is 0 Å². The Balaban J connectivity index is 2.01. The van der Waals surface area contributed by atoms with Gasteiger partial charge in [-0.3, -0.25) is 4.79 Å². The Morgan fingerprint density at radius 2 is 2.23 bits per heavy atom. The van der Waals surface area contributed by atoms with Gasteiger partial charge in [0.1, 0.15) is 6.54 Å². The molecule has 2 N–H and O–H groups in total. The van der Waals surface area contributed by atoms with Crippen molar-refractivity contribution in [3.63, 3.8) is 0 Å². The summed E-state index contributed by atoms with van der Waals surface area (Å²) in [5.41, 5.74) is 0.0728. The van der Waals surface area contributed by atoms with Gasteiger partial charge in [-0.25, -0.2) is 4.99 Å². The fourth-order valence-corrected chi connectivity index (χ4v) is 3.37. The van der Waals surface area contributed by atoms with E-state index >= 15 is 0 Å². The van der Waals surface area contributed by atoms with Crippen LogP contribution >= 0.6 is 0 Å². The zero-order valence-electron chi connectivity index (χ0n) is 14.1. The van der Waals surface area contributed by atoms with Crippen LogP contribution in [-0.4, -0.2) is 62.7 Å². The second-order valence-electron chi connectivity index (χ2n) is 6.81. The maximum absolute atomic E-state index is 11.7. The molecule has 3 atom stereocenters. The molecule has 0 bridgehead atoms. The Morgan fingerprint density at radius 1 is 1.50 bits per heavy atom. The van der Waals surface area contributed by atoms with Crippen molar-refractivity contribution >= 4 is 11.9 Å². The maximum atomic E-state index is 11.7. The average Bonchev–Trinajstić information content (AvgIpc) is 2.92. The molecular formula is C16H28N4O2. The summed E-state index contributed by atoms with van der Waals surface area (Å²) in [4.78, 5) is 17.7. The number of carbonyl (C=O) groups excluding carboxylic acids is 1. The van der Waals surface area contributed by atoms with Crippen LogP contribution in [0.1, 0.15) is 20.3 Å². The quantitative estimate of drug-likeness (QED) is 0.444. The Morgan fingerprint density at radius 3 is 2.86 bits per heavy atom. The maximum Gasteiger partial charge on any atom is 0.243 e. The van der Waals surface area contributed by atoms with Gasteiger partial charge < -0.3 is 20.3 Å². The molecule has 22 heavy (non-hydrogen) atoms. The van der Waals surface area contributed by atoms with Crippen LogP contribution in [0.25, 0.3) is 0 Å². The highest BCUT2D eigenvalue weighted by molar-refractivity contribution is 5.85. The molecule has 3 unspecified atom stereocenters. The molecule has 1 heterocycles. The van der Waals surface area contributed by atoms with Crippen LogP contribution in [0.5, 0.6) is 0 Å². The van der Waals surface area contributed by atoms with E-state index in [0.717, 1.165) is 13.0 Å². The zero-order valence-corrected chi connectivity index (χ0v) is 14.1. The Kier molecular flexibility index (Phi) is 5.11. The standard InChI is InChI=1S/C16H28N4O2/c1-6-8-17-15(18-10-12(21)20(4)5)19-13-11-7-9-22-14(11)16(13,2)3/h6,11,13-14H,1,7-10H2,2-5H3,(H2,17,18,19). The Bertz CT molecular complexity index is 459. The van der Waals surface area contributed by atoms with Crippen LogP contribution in [0.2, 0.25) is 0 Å². The third-order valence-corrected chi connectivity index (χ3v) is 4.68. The largest absolute Gasteiger partial charge is 0.377 e. The smallest absolute Gasteiger partial charge is 0.243 e. The SMILES string of the molecule is C=CCNC(=NCC(=O)N(C)C)NC1C2CCOC2C1(C)C. The van der Waals surface area contributed by atoms with Crippen LogP contribution in [0.3, 0.4) is 0 Å². The molecule has 1 saturated heterocycles. The number of nitrogens with zero attached hydrogens (tertiary/aromatic N) is 2. The molecule has 0 aromatic heterocycles. The van der Waals surface area contributed by atoms with E-state index in [1.807, 2.05) is 0 Å². The first-order valence-corrected chi connectivity index (χ1v) is 7.85. The number of rotatable bonds is 5. The topological polar surface area (TPSA) is 66.0 Å². The molecule has 1 saturated carbocycles. The van der Waals surface area contributed by atoms with Crippen molar-refractivity contribution in [2.24, 2.45) is 16.3 Å². The van der Waals surface area contributed by atoms with E-state index in [-0.39, 0.29) is 17.9 Å². The molecular weight excluding hydrogens is 280 g/mol. The summed E-state index contributed by atoms with van der Waals surface area (Å²) in [6.45, 7) is 9.72. The lowest BCUT2D eigenvalue weighted by molar-refractivity contribution is -0.127. The summed E-state index contributed by atoms with van der Waals surface area (Å²) < 4.78 is 5.81. The first-order valence-electron chi connectivity index (χ1n) is 7.85. The lowest BCUT2D eigenvalue weighted by Gasteiger charge is -2.54. The van der Waals surface area contributed by atoms with Gasteiger partial charge in [-0.2, -0.15) is 0 Å². The molecule has 1 aliphatic carbocycles. The van der Waals surface area contributed by atoms with Gasteiger partial charge in [-0.15, -0.1) is 6.58 Å². The van der Waals surface area contributed by atoms with Gasteiger partial charge in [-0.1, -0.05) is 19.9 Å². The summed E-state index contributed by atoms with van der Waals surface area (Å²) >= 11 is 0. The Hall–Kier alpha value is -1.56. The van der Waals surface area contributed by atoms with Gasteiger partial charge in [-0.05, 0) is 6.42 Å². The minimum Gasteiger partial charge on any atom is -0.377 e. The predicted molar refractivity (Wildman–Crippen MR) is 87.7 cm³/mol. The molecule has 124 valence electrons. The minimum atomic E-state index is -0.0188. The van der Waals surface area contributed by atoms with Crippen molar-refractivity contribution in [1.29, 1.82) is 0 Å². The normalized spacial score (nSPS) is 29.3. The van der Waals surface area contributed by atoms with Crippen LogP contribution in [-0.2, 0) is 9.53 Å². The lowest BCUT2D eigenvalue weighted by atomic mass is 9.57. The molecule has 1 aliphatic heterocycles. The number of hydrogen-bond donors (Lipinski definition) is 2.